The molecule has 1 fully saturated rings. The number of carbonyl (C=O) groups is 4. The highest BCUT2D eigenvalue weighted by atomic mass is 31.2. The van der Waals surface area contributed by atoms with E-state index in [9.17, 15) is 44.1 Å². The number of phosphoric ester groups is 1. The minimum atomic E-state index is -4.58. The fraction of sp³-hybridized carbons (Fsp3) is 0.568. The number of hydroxylamine groups is 2. The maximum atomic E-state index is 13.0. The molecular formula is C37H56N5O11P. The standard InChI is InChI=1S/C37H56N5O11P/c1-26-20-29(4)36(30(5)21-26)31-22-28(3)33(23-27(31)2)53-54(50,51)52-19-7-8-32(37(47)48)42-15-13-39(17-18-43)9-10-40(24-34(44)38(6)49)11-12-41(14-16-42)25-35(45)46/h18,20-23,32,49H,7-17,19,24-25H2,1-6H3,(H,45,46)(H,47,48)(H,50,51)/t32-/m1/s1. The molecule has 17 heteroatoms. The van der Waals surface area contributed by atoms with E-state index in [2.05, 4.69) is 12.1 Å². The van der Waals surface area contributed by atoms with Crippen LogP contribution in [0.1, 0.15) is 40.7 Å². The van der Waals surface area contributed by atoms with Crippen molar-refractivity contribution >= 4 is 32.0 Å². The summed E-state index contributed by atoms with van der Waals surface area (Å²) >= 11 is 0. The summed E-state index contributed by atoms with van der Waals surface area (Å²) in [5.41, 5.74) is 7.00. The Hall–Kier alpha value is -3.73. The molecular weight excluding hydrogens is 721 g/mol. The highest BCUT2D eigenvalue weighted by molar-refractivity contribution is 7.47. The van der Waals surface area contributed by atoms with Crippen LogP contribution < -0.4 is 4.52 Å². The summed E-state index contributed by atoms with van der Waals surface area (Å²) in [6.45, 7) is 11.4. The molecule has 3 rings (SSSR count). The second kappa shape index (κ2) is 20.8. The van der Waals surface area contributed by atoms with E-state index >= 15 is 0 Å². The quantitative estimate of drug-likeness (QED) is 0.0637. The lowest BCUT2D eigenvalue weighted by Gasteiger charge is -2.35. The normalized spacial score (nSPS) is 17.5. The number of hydrogen-bond acceptors (Lipinski definition) is 12. The van der Waals surface area contributed by atoms with Crippen LogP contribution in [-0.2, 0) is 28.3 Å². The monoisotopic (exact) mass is 777 g/mol. The third-order valence-corrected chi connectivity index (χ3v) is 10.5. The second-order valence-electron chi connectivity index (χ2n) is 14.0. The van der Waals surface area contributed by atoms with Gasteiger partial charge in [-0.2, -0.15) is 0 Å². The van der Waals surface area contributed by atoms with E-state index in [4.69, 9.17) is 9.05 Å². The lowest BCUT2D eigenvalue weighted by Crippen LogP contribution is -2.51. The zero-order valence-corrected chi connectivity index (χ0v) is 33.1. The third-order valence-electron chi connectivity index (χ3n) is 9.57. The average molecular weight is 778 g/mol. The Labute approximate surface area is 317 Å². The van der Waals surface area contributed by atoms with Crippen LogP contribution in [0.25, 0.3) is 11.1 Å². The molecule has 300 valence electrons. The molecule has 0 aliphatic carbocycles. The first-order chi connectivity index (χ1) is 25.4. The minimum Gasteiger partial charge on any atom is -0.480 e. The summed E-state index contributed by atoms with van der Waals surface area (Å²) in [7, 11) is -3.36. The number of hydrogen-bond donors (Lipinski definition) is 4. The van der Waals surface area contributed by atoms with Crippen LogP contribution in [0.5, 0.6) is 5.75 Å². The lowest BCUT2D eigenvalue weighted by atomic mass is 9.90. The van der Waals surface area contributed by atoms with Crippen LogP contribution in [0.2, 0.25) is 0 Å². The summed E-state index contributed by atoms with van der Waals surface area (Å²) in [5.74, 6) is -2.53. The number of likely N-dealkylation sites (N-methyl/N-ethyl adjacent to an activating group) is 1. The van der Waals surface area contributed by atoms with Gasteiger partial charge >= 0.3 is 19.8 Å². The van der Waals surface area contributed by atoms with Gasteiger partial charge in [-0.3, -0.25) is 48.6 Å². The van der Waals surface area contributed by atoms with Gasteiger partial charge in [-0.25, -0.2) is 9.63 Å². The van der Waals surface area contributed by atoms with Gasteiger partial charge in [-0.1, -0.05) is 17.7 Å². The fourth-order valence-corrected chi connectivity index (χ4v) is 7.64. The molecule has 2 atom stereocenters. The summed E-state index contributed by atoms with van der Waals surface area (Å²) in [4.78, 5) is 65.6. The summed E-state index contributed by atoms with van der Waals surface area (Å²) in [5, 5.41) is 29.9. The van der Waals surface area contributed by atoms with Crippen molar-refractivity contribution in [3.05, 3.63) is 52.1 Å². The van der Waals surface area contributed by atoms with Gasteiger partial charge in [0.25, 0.3) is 5.91 Å². The Bertz CT molecular complexity index is 1650. The van der Waals surface area contributed by atoms with E-state index in [0.29, 0.717) is 36.8 Å². The van der Waals surface area contributed by atoms with Crippen LogP contribution >= 0.6 is 7.82 Å². The number of carbonyl (C=O) groups excluding carboxylic acids is 2. The molecule has 1 aliphatic heterocycles. The Balaban J connectivity index is 1.69. The number of rotatable bonds is 16. The van der Waals surface area contributed by atoms with Crippen molar-refractivity contribution in [2.24, 2.45) is 0 Å². The first-order valence-corrected chi connectivity index (χ1v) is 19.5. The van der Waals surface area contributed by atoms with Crippen molar-refractivity contribution in [1.82, 2.24) is 24.7 Å². The molecule has 2 aromatic carbocycles. The maximum Gasteiger partial charge on any atom is 0.527 e. The molecule has 1 unspecified atom stereocenters. The Morgan fingerprint density at radius 2 is 1.39 bits per heavy atom. The molecule has 1 aliphatic rings. The van der Waals surface area contributed by atoms with Crippen molar-refractivity contribution in [1.29, 1.82) is 0 Å². The highest BCUT2D eigenvalue weighted by Crippen LogP contribution is 2.46. The van der Waals surface area contributed by atoms with E-state index in [1.54, 1.807) is 27.7 Å². The number of aldehydes is 1. The van der Waals surface area contributed by atoms with Gasteiger partial charge in [0.2, 0.25) is 0 Å². The SMILES string of the molecule is Cc1cc(C)c(-c2cc(C)c(OP(=O)(O)OCCC[C@H](C(=O)O)N3CCN(CC=O)CCN(CC(=O)N(C)O)CCN(CC(=O)O)CC3)cc2C)c(C)c1. The van der Waals surface area contributed by atoms with Gasteiger partial charge < -0.3 is 19.5 Å². The smallest absolute Gasteiger partial charge is 0.480 e. The van der Waals surface area contributed by atoms with E-state index in [1.165, 1.54) is 7.05 Å². The van der Waals surface area contributed by atoms with Crippen LogP contribution in [0.4, 0.5) is 0 Å². The van der Waals surface area contributed by atoms with Gasteiger partial charge in [0.05, 0.1) is 26.2 Å². The fourth-order valence-electron chi connectivity index (χ4n) is 6.79. The van der Waals surface area contributed by atoms with Crippen molar-refractivity contribution in [3.8, 4) is 16.9 Å². The van der Waals surface area contributed by atoms with Crippen LogP contribution in [0.15, 0.2) is 24.3 Å². The number of amides is 1. The Morgan fingerprint density at radius 3 is 1.94 bits per heavy atom. The predicted molar refractivity (Wildman–Crippen MR) is 202 cm³/mol. The molecule has 16 nitrogen and oxygen atoms in total. The third kappa shape index (κ3) is 13.8. The molecule has 1 amide bonds. The number of phosphoric acid groups is 1. The molecule has 0 bridgehead atoms. The average Bonchev–Trinajstić information content (AvgIpc) is 3.06. The molecule has 1 saturated heterocycles. The van der Waals surface area contributed by atoms with Crippen LogP contribution in [0, 0.1) is 34.6 Å². The molecule has 4 N–H and O–H groups in total. The van der Waals surface area contributed by atoms with Gasteiger partial charge in [-0.15, -0.1) is 0 Å². The van der Waals surface area contributed by atoms with Gasteiger partial charge in [0.15, 0.2) is 0 Å². The summed E-state index contributed by atoms with van der Waals surface area (Å²) in [6, 6.07) is 6.81. The first-order valence-electron chi connectivity index (χ1n) is 18.0. The van der Waals surface area contributed by atoms with Crippen molar-refractivity contribution in [2.75, 3.05) is 85.6 Å². The van der Waals surface area contributed by atoms with E-state index in [0.717, 1.165) is 39.7 Å². The van der Waals surface area contributed by atoms with Gasteiger partial charge in [0, 0.05) is 59.4 Å². The number of aliphatic carboxylic acids is 2. The largest absolute Gasteiger partial charge is 0.527 e. The number of nitrogens with zero attached hydrogens (tertiary/aromatic N) is 5. The van der Waals surface area contributed by atoms with Crippen LogP contribution in [-0.4, -0.2) is 161 Å². The Kier molecular flexibility index (Phi) is 17.2. The van der Waals surface area contributed by atoms with Crippen molar-refractivity contribution in [3.63, 3.8) is 0 Å². The molecule has 0 spiro atoms. The zero-order chi connectivity index (χ0) is 40.2. The van der Waals surface area contributed by atoms with Gasteiger partial charge in [0.1, 0.15) is 18.1 Å². The predicted octanol–water partition coefficient (Wildman–Crippen LogP) is 2.98. The van der Waals surface area contributed by atoms with E-state index in [-0.39, 0.29) is 71.0 Å². The Morgan fingerprint density at radius 1 is 0.833 bits per heavy atom. The second-order valence-corrected chi connectivity index (χ2v) is 15.3. The summed E-state index contributed by atoms with van der Waals surface area (Å²) < 4.78 is 23.8. The molecule has 0 saturated carbocycles. The molecule has 1 heterocycles. The van der Waals surface area contributed by atoms with Crippen LogP contribution in [0.3, 0.4) is 0 Å². The number of carboxylic acid groups (broad SMARTS) is 2. The molecule has 0 aromatic heterocycles. The number of carboxylic acids is 2. The van der Waals surface area contributed by atoms with Crippen molar-refractivity contribution < 1.29 is 53.1 Å². The zero-order valence-electron chi connectivity index (χ0n) is 32.2. The molecule has 54 heavy (non-hydrogen) atoms. The van der Waals surface area contributed by atoms with E-state index in [1.807, 2.05) is 38.7 Å². The topological polar surface area (TPSA) is 201 Å². The van der Waals surface area contributed by atoms with E-state index < -0.39 is 31.7 Å². The summed E-state index contributed by atoms with van der Waals surface area (Å²) in [6.07, 6.45) is 0.893. The highest BCUT2D eigenvalue weighted by Gasteiger charge is 2.29. The number of benzene rings is 2. The first kappa shape index (κ1) is 44.7. The molecule has 0 radical (unpaired) electrons. The van der Waals surface area contributed by atoms with Crippen molar-refractivity contribution in [2.45, 2.75) is 53.5 Å². The number of aryl methyl sites for hydroxylation is 5. The maximum absolute atomic E-state index is 13.0. The molecule has 2 aromatic rings. The van der Waals surface area contributed by atoms with Gasteiger partial charge in [-0.05, 0) is 93.0 Å². The minimum absolute atomic E-state index is 0.0502. The lowest BCUT2D eigenvalue weighted by molar-refractivity contribution is -0.160.